The van der Waals surface area contributed by atoms with E-state index in [1.807, 2.05) is 30.3 Å². The van der Waals surface area contributed by atoms with E-state index >= 15 is 0 Å². The number of aromatic nitrogens is 2. The summed E-state index contributed by atoms with van der Waals surface area (Å²) in [5, 5.41) is 10.4. The molecule has 37 heavy (non-hydrogen) atoms. The molecule has 0 unspecified atom stereocenters. The summed E-state index contributed by atoms with van der Waals surface area (Å²) in [7, 11) is -3.57. The number of thioether (sulfide) groups is 1. The molecule has 0 spiro atoms. The maximum atomic E-state index is 13.1. The Morgan fingerprint density at radius 2 is 1.68 bits per heavy atom. The first kappa shape index (κ1) is 25.5. The van der Waals surface area contributed by atoms with Crippen LogP contribution in [-0.2, 0) is 39.4 Å². The van der Waals surface area contributed by atoms with Gasteiger partial charge in [0.2, 0.25) is 15.9 Å². The first-order valence-corrected chi connectivity index (χ1v) is 14.9. The molecule has 1 fully saturated rings. The number of carbonyl (C=O) groups is 2. The van der Waals surface area contributed by atoms with Crippen molar-refractivity contribution >= 4 is 39.4 Å². The summed E-state index contributed by atoms with van der Waals surface area (Å²) in [6.07, 6.45) is 2.76. The molecule has 2 aliphatic rings. The lowest BCUT2D eigenvalue weighted by Crippen LogP contribution is -2.35. The number of nitrogens with zero attached hydrogens (tertiary/aromatic N) is 3. The minimum atomic E-state index is -3.57. The lowest BCUT2D eigenvalue weighted by Gasteiger charge is -2.25. The first-order valence-electron chi connectivity index (χ1n) is 12.3. The van der Waals surface area contributed by atoms with Crippen LogP contribution in [0.1, 0.15) is 46.4 Å². The fourth-order valence-electron chi connectivity index (χ4n) is 4.52. The van der Waals surface area contributed by atoms with Crippen LogP contribution in [-0.4, -0.2) is 47.4 Å². The minimum absolute atomic E-state index is 0.0207. The maximum Gasteiger partial charge on any atom is 0.256 e. The minimum Gasteiger partial charge on any atom is -0.350 e. The monoisotopic (exact) mass is 539 g/mol. The van der Waals surface area contributed by atoms with E-state index in [2.05, 4.69) is 15.7 Å². The maximum absolute atomic E-state index is 13.1. The van der Waals surface area contributed by atoms with Crippen molar-refractivity contribution in [1.82, 2.24) is 19.4 Å². The number of fused-ring (bicyclic) bond motifs is 1. The zero-order valence-electron chi connectivity index (χ0n) is 20.4. The number of amides is 2. The number of hydrogen-bond donors (Lipinski definition) is 2. The molecular formula is C26H29N5O4S2. The van der Waals surface area contributed by atoms with Crippen molar-refractivity contribution in [2.75, 3.05) is 18.4 Å². The van der Waals surface area contributed by atoms with Crippen molar-refractivity contribution in [3.05, 3.63) is 77.0 Å². The molecule has 2 N–H and O–H groups in total. The lowest BCUT2D eigenvalue weighted by atomic mass is 10.2. The molecule has 0 atom stereocenters. The summed E-state index contributed by atoms with van der Waals surface area (Å²) < 4.78 is 28.9. The number of hydrogen-bond acceptors (Lipinski definition) is 6. The van der Waals surface area contributed by atoms with Gasteiger partial charge in [0.1, 0.15) is 12.4 Å². The quantitative estimate of drug-likeness (QED) is 0.454. The SMILES string of the molecule is O=C(Cn1nc2c(c1NC(=O)c1ccc(S(=O)(=O)N3CCCCC3)cc1)CSC2)NCc1ccccc1. The zero-order chi connectivity index (χ0) is 25.8. The van der Waals surface area contributed by atoms with Crippen LogP contribution in [0.4, 0.5) is 5.82 Å². The van der Waals surface area contributed by atoms with E-state index in [1.54, 1.807) is 11.8 Å². The molecule has 1 saturated heterocycles. The van der Waals surface area contributed by atoms with Crippen LogP contribution >= 0.6 is 11.8 Å². The van der Waals surface area contributed by atoms with Crippen LogP contribution < -0.4 is 10.6 Å². The Labute approximate surface area is 220 Å². The van der Waals surface area contributed by atoms with Gasteiger partial charge >= 0.3 is 0 Å². The van der Waals surface area contributed by atoms with Crippen LogP contribution in [0.2, 0.25) is 0 Å². The van der Waals surface area contributed by atoms with Crippen LogP contribution in [0.25, 0.3) is 0 Å². The van der Waals surface area contributed by atoms with Crippen LogP contribution in [0.3, 0.4) is 0 Å². The fraction of sp³-hybridized carbons (Fsp3) is 0.346. The molecule has 3 heterocycles. The predicted molar refractivity (Wildman–Crippen MR) is 143 cm³/mol. The molecule has 0 bridgehead atoms. The molecule has 9 nitrogen and oxygen atoms in total. The van der Waals surface area contributed by atoms with E-state index in [1.165, 1.54) is 33.3 Å². The number of rotatable bonds is 8. The van der Waals surface area contributed by atoms with Crippen LogP contribution in [0, 0.1) is 0 Å². The number of anilines is 1. The van der Waals surface area contributed by atoms with Gasteiger partial charge in [-0.15, -0.1) is 0 Å². The van der Waals surface area contributed by atoms with Gasteiger partial charge in [-0.2, -0.15) is 21.2 Å². The van der Waals surface area contributed by atoms with E-state index in [9.17, 15) is 18.0 Å². The first-order chi connectivity index (χ1) is 17.9. The Bertz CT molecular complexity index is 1380. The normalized spacial score (nSPS) is 15.8. The summed E-state index contributed by atoms with van der Waals surface area (Å²) in [5.74, 6) is 1.33. The van der Waals surface area contributed by atoms with E-state index in [0.717, 1.165) is 41.8 Å². The third-order valence-electron chi connectivity index (χ3n) is 6.55. The highest BCUT2D eigenvalue weighted by molar-refractivity contribution is 7.98. The molecule has 11 heteroatoms. The summed E-state index contributed by atoms with van der Waals surface area (Å²) in [6, 6.07) is 15.6. The number of piperidine rings is 1. The molecule has 1 aromatic heterocycles. The second-order valence-corrected chi connectivity index (χ2v) is 12.1. The molecule has 0 saturated carbocycles. The van der Waals surface area contributed by atoms with Gasteiger partial charge in [-0.3, -0.25) is 9.59 Å². The molecule has 2 aliphatic heterocycles. The Kier molecular flexibility index (Phi) is 7.63. The van der Waals surface area contributed by atoms with E-state index < -0.39 is 10.0 Å². The number of benzene rings is 2. The smallest absolute Gasteiger partial charge is 0.256 e. The van der Waals surface area contributed by atoms with E-state index in [-0.39, 0.29) is 23.3 Å². The number of sulfonamides is 1. The number of carbonyl (C=O) groups excluding carboxylic acids is 2. The highest BCUT2D eigenvalue weighted by atomic mass is 32.2. The van der Waals surface area contributed by atoms with Gasteiger partial charge in [0.15, 0.2) is 0 Å². The van der Waals surface area contributed by atoms with Crippen molar-refractivity contribution in [1.29, 1.82) is 0 Å². The molecule has 194 valence electrons. The second-order valence-electron chi connectivity index (χ2n) is 9.13. The molecule has 2 amide bonds. The van der Waals surface area contributed by atoms with Gasteiger partial charge in [0, 0.05) is 42.3 Å². The topological polar surface area (TPSA) is 113 Å². The van der Waals surface area contributed by atoms with E-state index in [4.69, 9.17) is 0 Å². The van der Waals surface area contributed by atoms with Crippen molar-refractivity contribution < 1.29 is 18.0 Å². The summed E-state index contributed by atoms with van der Waals surface area (Å²) in [6.45, 7) is 1.44. The largest absolute Gasteiger partial charge is 0.350 e. The Balaban J connectivity index is 1.28. The summed E-state index contributed by atoms with van der Waals surface area (Å²) >= 11 is 1.70. The zero-order valence-corrected chi connectivity index (χ0v) is 22.0. The van der Waals surface area contributed by atoms with E-state index in [0.29, 0.717) is 36.8 Å². The van der Waals surface area contributed by atoms with Gasteiger partial charge in [-0.25, -0.2) is 13.1 Å². The van der Waals surface area contributed by atoms with Crippen molar-refractivity contribution in [2.24, 2.45) is 0 Å². The number of nitrogens with one attached hydrogen (secondary N) is 2. The van der Waals surface area contributed by atoms with Gasteiger partial charge in [0.25, 0.3) is 5.91 Å². The van der Waals surface area contributed by atoms with Crippen molar-refractivity contribution in [3.63, 3.8) is 0 Å². The summed E-state index contributed by atoms with van der Waals surface area (Å²) in [5.41, 5.74) is 3.10. The average molecular weight is 540 g/mol. The highest BCUT2D eigenvalue weighted by Gasteiger charge is 2.27. The molecule has 5 rings (SSSR count). The lowest BCUT2D eigenvalue weighted by molar-refractivity contribution is -0.122. The standard InChI is InChI=1S/C26H29N5O4S2/c32-24(27-15-19-7-3-1-4-8-19)16-31-25(22-17-36-18-23(22)29-31)28-26(33)20-9-11-21(12-10-20)37(34,35)30-13-5-2-6-14-30/h1,3-4,7-12H,2,5-6,13-18H2,(H,27,32)(H,28,33). The molecule has 3 aromatic rings. The third-order valence-corrected chi connectivity index (χ3v) is 9.43. The van der Waals surface area contributed by atoms with Gasteiger partial charge in [-0.05, 0) is 42.7 Å². The molecule has 0 aliphatic carbocycles. The predicted octanol–water partition coefficient (Wildman–Crippen LogP) is 3.37. The van der Waals surface area contributed by atoms with Gasteiger partial charge < -0.3 is 10.6 Å². The van der Waals surface area contributed by atoms with Gasteiger partial charge in [-0.1, -0.05) is 36.8 Å². The van der Waals surface area contributed by atoms with Gasteiger partial charge in [0.05, 0.1) is 10.6 Å². The third kappa shape index (κ3) is 5.73. The van der Waals surface area contributed by atoms with Crippen LogP contribution in [0.5, 0.6) is 0 Å². The fourth-order valence-corrected chi connectivity index (χ4v) is 7.07. The summed E-state index contributed by atoms with van der Waals surface area (Å²) in [4.78, 5) is 25.9. The Morgan fingerprint density at radius 1 is 0.946 bits per heavy atom. The second kappa shape index (κ2) is 11.1. The van der Waals surface area contributed by atoms with Crippen LogP contribution in [0.15, 0.2) is 59.5 Å². The Morgan fingerprint density at radius 3 is 2.41 bits per heavy atom. The molecular weight excluding hydrogens is 510 g/mol. The van der Waals surface area contributed by atoms with Crippen molar-refractivity contribution in [3.8, 4) is 0 Å². The Hall–Kier alpha value is -3.15. The highest BCUT2D eigenvalue weighted by Crippen LogP contribution is 2.35. The molecule has 0 radical (unpaired) electrons. The average Bonchev–Trinajstić information content (AvgIpc) is 3.51. The molecule has 2 aromatic carbocycles. The van der Waals surface area contributed by atoms with Crippen molar-refractivity contribution in [2.45, 2.75) is 48.8 Å².